The third-order valence-corrected chi connectivity index (χ3v) is 14.5. The molecule has 14 nitrogen and oxygen atoms in total. The van der Waals surface area contributed by atoms with Crippen LogP contribution in [-0.2, 0) is 0 Å². The number of hydrogen-bond acceptors (Lipinski definition) is 10. The van der Waals surface area contributed by atoms with E-state index in [1.54, 1.807) is 0 Å². The quantitative estimate of drug-likeness (QED) is 0.267. The number of nitrogens with two attached hydrogens (primary N) is 2. The van der Waals surface area contributed by atoms with Crippen LogP contribution < -0.4 is 11.5 Å². The minimum Gasteiger partial charge on any atom is -0.326 e. The minimum absolute atomic E-state index is 0.149. The highest BCUT2D eigenvalue weighted by molar-refractivity contribution is 6.35. The van der Waals surface area contributed by atoms with E-state index in [2.05, 4.69) is 0 Å². The number of nitrogens with zero attached hydrogens (tertiary/aromatic N) is 4. The predicted octanol–water partition coefficient (Wildman–Crippen LogP) is 4.93. The first-order valence-electron chi connectivity index (χ1n) is 21.2. The van der Waals surface area contributed by atoms with Crippen LogP contribution in [0.4, 0.5) is 0 Å². The topological polar surface area (TPSA) is 202 Å². The van der Waals surface area contributed by atoms with Gasteiger partial charge in [0.1, 0.15) is 0 Å². The van der Waals surface area contributed by atoms with Crippen molar-refractivity contribution in [3.05, 3.63) is 93.0 Å². The van der Waals surface area contributed by atoms with E-state index < -0.39 is 71.4 Å². The highest BCUT2D eigenvalue weighted by atomic mass is 16.2. The summed E-state index contributed by atoms with van der Waals surface area (Å²) in [4.78, 5) is 120. The Hall–Kier alpha value is -6.12. The van der Waals surface area contributed by atoms with E-state index in [-0.39, 0.29) is 78.1 Å². The summed E-state index contributed by atoms with van der Waals surface area (Å²) in [5, 5.41) is 1.01. The van der Waals surface area contributed by atoms with Crippen molar-refractivity contribution in [1.82, 2.24) is 19.6 Å². The Morgan fingerprint density at radius 3 is 0.700 bits per heavy atom. The standard InChI is InChI=1S/C46H42N6O8/c47-29-7-1-3-9-31(29)49-39(53)21-13-17-25-37-26(18-14-22(35(21)37)40(49)54)44(58)51(43(25)57)33-11-5-6-12-34(33)52-45(59)27-19-15-23-36-24(16-20-28(38(27)36)46(52)60)42(56)50(41(23)55)32-10-4-2-8-30(32)48/h13-20,29-34H,1-12,47-48H2/t29-,30?,31?,32-,33-,34?/m1/s1. The molecule has 4 aromatic rings. The number of carbonyl (C=O) groups excluding carboxylic acids is 8. The van der Waals surface area contributed by atoms with Crippen LogP contribution in [0.5, 0.6) is 0 Å². The lowest BCUT2D eigenvalue weighted by Gasteiger charge is -2.45. The summed E-state index contributed by atoms with van der Waals surface area (Å²) in [7, 11) is 0. The van der Waals surface area contributed by atoms with Crippen molar-refractivity contribution in [2.75, 3.05) is 0 Å². The first kappa shape index (κ1) is 36.9. The molecule has 3 saturated carbocycles. The van der Waals surface area contributed by atoms with Gasteiger partial charge in [-0.25, -0.2) is 0 Å². The Balaban J connectivity index is 0.949. The summed E-state index contributed by atoms with van der Waals surface area (Å²) in [6, 6.07) is 8.84. The molecule has 0 radical (unpaired) electrons. The Kier molecular flexibility index (Phi) is 8.12. The van der Waals surface area contributed by atoms with Crippen LogP contribution in [-0.4, -0.2) is 103 Å². The van der Waals surface area contributed by atoms with Gasteiger partial charge in [0.2, 0.25) is 0 Å². The fourth-order valence-corrected chi connectivity index (χ4v) is 11.6. The van der Waals surface area contributed by atoms with Crippen LogP contribution in [0.25, 0.3) is 21.5 Å². The average molecular weight is 807 g/mol. The van der Waals surface area contributed by atoms with Gasteiger partial charge in [0.25, 0.3) is 47.3 Å². The number of carbonyl (C=O) groups is 8. The van der Waals surface area contributed by atoms with E-state index in [1.807, 2.05) is 0 Å². The van der Waals surface area contributed by atoms with Crippen LogP contribution in [0.3, 0.4) is 0 Å². The maximum Gasteiger partial charge on any atom is 0.261 e. The summed E-state index contributed by atoms with van der Waals surface area (Å²) in [6.45, 7) is 0. The molecule has 11 rings (SSSR count). The molecule has 8 amide bonds. The summed E-state index contributed by atoms with van der Waals surface area (Å²) >= 11 is 0. The smallest absolute Gasteiger partial charge is 0.261 e. The molecule has 4 N–H and O–H groups in total. The molecular weight excluding hydrogens is 765 g/mol. The molecule has 304 valence electrons. The van der Waals surface area contributed by atoms with Crippen LogP contribution in [0.15, 0.2) is 48.5 Å². The van der Waals surface area contributed by atoms with Gasteiger partial charge >= 0.3 is 0 Å². The third kappa shape index (κ3) is 4.82. The van der Waals surface area contributed by atoms with Crippen molar-refractivity contribution in [2.24, 2.45) is 11.5 Å². The molecule has 6 atom stereocenters. The number of benzene rings is 4. The van der Waals surface area contributed by atoms with Crippen molar-refractivity contribution in [1.29, 1.82) is 0 Å². The van der Waals surface area contributed by atoms with Gasteiger partial charge in [0.15, 0.2) is 0 Å². The molecule has 4 aromatic carbocycles. The van der Waals surface area contributed by atoms with Crippen molar-refractivity contribution >= 4 is 68.8 Å². The normalized spacial score (nSPS) is 27.8. The van der Waals surface area contributed by atoms with E-state index in [1.165, 1.54) is 58.3 Å². The van der Waals surface area contributed by atoms with Gasteiger partial charge in [-0.3, -0.25) is 58.0 Å². The van der Waals surface area contributed by atoms with Crippen molar-refractivity contribution < 1.29 is 38.4 Å². The number of hydrogen-bond donors (Lipinski definition) is 2. The van der Waals surface area contributed by atoms with Crippen LogP contribution in [0.1, 0.15) is 160 Å². The Bertz CT molecular complexity index is 2420. The first-order valence-corrected chi connectivity index (χ1v) is 21.2. The van der Waals surface area contributed by atoms with Crippen molar-refractivity contribution in [2.45, 2.75) is 113 Å². The van der Waals surface area contributed by atoms with Gasteiger partial charge in [-0.05, 0) is 87.1 Å². The zero-order chi connectivity index (χ0) is 41.5. The van der Waals surface area contributed by atoms with Gasteiger partial charge in [-0.1, -0.05) is 38.5 Å². The van der Waals surface area contributed by atoms with E-state index >= 15 is 0 Å². The third-order valence-electron chi connectivity index (χ3n) is 14.5. The molecular formula is C46H42N6O8. The monoisotopic (exact) mass is 806 g/mol. The maximum absolute atomic E-state index is 14.7. The molecule has 3 aliphatic carbocycles. The van der Waals surface area contributed by atoms with Gasteiger partial charge in [0.05, 0.1) is 24.2 Å². The number of imide groups is 4. The first-order chi connectivity index (χ1) is 29.0. The SMILES string of the molecule is NC1CCCC[C@H]1N1C(=O)c2ccc3c4c(ccc(c24)C1=O)C(=O)N(C1CCCC[C@H]1N1C(=O)c2ccc4c5c(ccc(c25)C1=O)C(=O)N(C1CCCC[C@H]1N)C4=O)C3=O. The van der Waals surface area contributed by atoms with Gasteiger partial charge in [-0.15, -0.1) is 0 Å². The molecule has 7 aliphatic rings. The fraction of sp³-hybridized carbons (Fsp3) is 0.391. The second kappa shape index (κ2) is 13.2. The molecule has 4 heterocycles. The summed E-state index contributed by atoms with van der Waals surface area (Å²) < 4.78 is 0. The second-order valence-electron chi connectivity index (χ2n) is 17.5. The van der Waals surface area contributed by atoms with Crippen molar-refractivity contribution in [3.8, 4) is 0 Å². The lowest BCUT2D eigenvalue weighted by atomic mass is 9.80. The second-order valence-corrected chi connectivity index (χ2v) is 17.5. The van der Waals surface area contributed by atoms with Gasteiger partial charge in [0, 0.05) is 78.1 Å². The molecule has 0 aromatic heterocycles. The van der Waals surface area contributed by atoms with Gasteiger partial charge in [-0.2, -0.15) is 0 Å². The highest BCUT2D eigenvalue weighted by Crippen LogP contribution is 2.44. The molecule has 3 unspecified atom stereocenters. The van der Waals surface area contributed by atoms with E-state index in [9.17, 15) is 38.4 Å². The fourth-order valence-electron chi connectivity index (χ4n) is 11.6. The van der Waals surface area contributed by atoms with E-state index in [0.29, 0.717) is 51.4 Å². The highest BCUT2D eigenvalue weighted by Gasteiger charge is 2.51. The summed E-state index contributed by atoms with van der Waals surface area (Å²) in [5.41, 5.74) is 14.4. The molecule has 60 heavy (non-hydrogen) atoms. The van der Waals surface area contributed by atoms with Crippen LogP contribution in [0.2, 0.25) is 0 Å². The number of rotatable bonds is 4. The van der Waals surface area contributed by atoms with Crippen LogP contribution >= 0.6 is 0 Å². The lowest BCUT2D eigenvalue weighted by Crippen LogP contribution is -2.61. The van der Waals surface area contributed by atoms with E-state index in [4.69, 9.17) is 11.5 Å². The zero-order valence-corrected chi connectivity index (χ0v) is 32.8. The van der Waals surface area contributed by atoms with Crippen molar-refractivity contribution in [3.63, 3.8) is 0 Å². The Labute approximate surface area is 343 Å². The molecule has 0 saturated heterocycles. The van der Waals surface area contributed by atoms with E-state index in [0.717, 1.165) is 35.5 Å². The lowest BCUT2D eigenvalue weighted by molar-refractivity contribution is 0.0241. The Morgan fingerprint density at radius 2 is 0.483 bits per heavy atom. The molecule has 0 bridgehead atoms. The van der Waals surface area contributed by atoms with Crippen LogP contribution in [0, 0.1) is 0 Å². The summed E-state index contributed by atoms with van der Waals surface area (Å²) in [5.74, 6) is -4.57. The molecule has 14 heteroatoms. The Morgan fingerprint density at radius 1 is 0.300 bits per heavy atom. The zero-order valence-electron chi connectivity index (χ0n) is 32.8. The molecule has 3 fully saturated rings. The number of amides is 8. The predicted molar refractivity (Wildman–Crippen MR) is 216 cm³/mol. The molecule has 0 spiro atoms. The summed E-state index contributed by atoms with van der Waals surface area (Å²) in [6.07, 6.45) is 7.99. The van der Waals surface area contributed by atoms with Gasteiger partial charge < -0.3 is 11.5 Å². The minimum atomic E-state index is -0.889. The average Bonchev–Trinajstić information content (AvgIpc) is 3.25. The molecule has 4 aliphatic heterocycles. The largest absolute Gasteiger partial charge is 0.326 e. The maximum atomic E-state index is 14.7.